The standard InChI is InChI=1S/C21H19N3O2S/c25-20-19(27-21(26)23-20)13-16-9-10-18-17(12-16)22-14-24(18)11-5-4-8-15-6-2-1-3-7-15/h1-3,6-7,9-10,12-14H,4-5,8,11H2,(H,23,25,26)/b19-13-. The highest BCUT2D eigenvalue weighted by molar-refractivity contribution is 8.18. The maximum atomic E-state index is 11.7. The van der Waals surface area contributed by atoms with Crippen molar-refractivity contribution in [1.29, 1.82) is 0 Å². The van der Waals surface area contributed by atoms with E-state index in [0.717, 1.165) is 54.2 Å². The highest BCUT2D eigenvalue weighted by Crippen LogP contribution is 2.26. The van der Waals surface area contributed by atoms with E-state index in [1.165, 1.54) is 5.56 Å². The molecule has 1 fully saturated rings. The van der Waals surface area contributed by atoms with Crippen LogP contribution in [0.4, 0.5) is 4.79 Å². The number of hydrogen-bond donors (Lipinski definition) is 1. The number of aromatic nitrogens is 2. The first-order valence-corrected chi connectivity index (χ1v) is 9.74. The van der Waals surface area contributed by atoms with Gasteiger partial charge in [-0.15, -0.1) is 0 Å². The molecule has 0 saturated carbocycles. The molecule has 6 heteroatoms. The number of imide groups is 1. The Labute approximate surface area is 161 Å². The molecule has 0 atom stereocenters. The van der Waals surface area contributed by atoms with E-state index in [2.05, 4.69) is 39.1 Å². The Morgan fingerprint density at radius 2 is 1.93 bits per heavy atom. The van der Waals surface area contributed by atoms with Gasteiger partial charge in [0.2, 0.25) is 0 Å². The largest absolute Gasteiger partial charge is 0.331 e. The van der Waals surface area contributed by atoms with Gasteiger partial charge in [-0.05, 0) is 60.4 Å². The molecule has 136 valence electrons. The highest BCUT2D eigenvalue weighted by Gasteiger charge is 2.24. The maximum Gasteiger partial charge on any atom is 0.290 e. The Morgan fingerprint density at radius 1 is 1.07 bits per heavy atom. The lowest BCUT2D eigenvalue weighted by atomic mass is 10.1. The molecule has 1 aliphatic rings. The first kappa shape index (κ1) is 17.5. The Hall–Kier alpha value is -2.86. The molecule has 4 rings (SSSR count). The average Bonchev–Trinajstić information content (AvgIpc) is 3.22. The van der Waals surface area contributed by atoms with Gasteiger partial charge in [0.15, 0.2) is 0 Å². The summed E-state index contributed by atoms with van der Waals surface area (Å²) >= 11 is 0.927. The van der Waals surface area contributed by atoms with Crippen LogP contribution < -0.4 is 5.32 Å². The number of thioether (sulfide) groups is 1. The second-order valence-corrected chi connectivity index (χ2v) is 7.50. The Kier molecular flexibility index (Phi) is 5.07. The third-order valence-corrected chi connectivity index (χ3v) is 5.35. The van der Waals surface area contributed by atoms with E-state index in [4.69, 9.17) is 0 Å². The van der Waals surface area contributed by atoms with Gasteiger partial charge in [-0.2, -0.15) is 0 Å². The molecular weight excluding hydrogens is 358 g/mol. The lowest BCUT2D eigenvalue weighted by molar-refractivity contribution is -0.115. The normalized spacial score (nSPS) is 15.6. The number of imidazole rings is 1. The van der Waals surface area contributed by atoms with Crippen LogP contribution in [0.2, 0.25) is 0 Å². The van der Waals surface area contributed by atoms with Gasteiger partial charge in [-0.25, -0.2) is 4.98 Å². The van der Waals surface area contributed by atoms with Crippen molar-refractivity contribution in [3.05, 3.63) is 70.9 Å². The van der Waals surface area contributed by atoms with Crippen LogP contribution in [0, 0.1) is 0 Å². The van der Waals surface area contributed by atoms with Gasteiger partial charge >= 0.3 is 0 Å². The third kappa shape index (κ3) is 4.11. The molecule has 0 spiro atoms. The lowest BCUT2D eigenvalue weighted by Crippen LogP contribution is -2.17. The number of fused-ring (bicyclic) bond motifs is 1. The Morgan fingerprint density at radius 3 is 2.70 bits per heavy atom. The van der Waals surface area contributed by atoms with Crippen molar-refractivity contribution in [3.63, 3.8) is 0 Å². The van der Waals surface area contributed by atoms with Crippen LogP contribution in [0.5, 0.6) is 0 Å². The monoisotopic (exact) mass is 377 g/mol. The molecule has 0 radical (unpaired) electrons. The molecular formula is C21H19N3O2S. The summed E-state index contributed by atoms with van der Waals surface area (Å²) < 4.78 is 2.16. The fourth-order valence-corrected chi connectivity index (χ4v) is 3.86. The summed E-state index contributed by atoms with van der Waals surface area (Å²) in [5.74, 6) is -0.339. The predicted octanol–water partition coefficient (Wildman–Crippen LogP) is 4.38. The SMILES string of the molecule is O=C1NC(=O)/C(=C/c2ccc3c(c2)ncn3CCCCc2ccccc2)S1. The van der Waals surface area contributed by atoms with Crippen LogP contribution in [-0.2, 0) is 17.8 Å². The van der Waals surface area contributed by atoms with Crippen molar-refractivity contribution in [2.75, 3.05) is 0 Å². The molecule has 0 bridgehead atoms. The van der Waals surface area contributed by atoms with Crippen LogP contribution in [0.15, 0.2) is 59.8 Å². The highest BCUT2D eigenvalue weighted by atomic mass is 32.2. The van der Waals surface area contributed by atoms with Gasteiger partial charge in [0.1, 0.15) is 0 Å². The average molecular weight is 377 g/mol. The molecule has 2 amide bonds. The van der Waals surface area contributed by atoms with Gasteiger partial charge in [-0.1, -0.05) is 36.4 Å². The number of nitrogens with one attached hydrogen (secondary N) is 1. The van der Waals surface area contributed by atoms with Crippen molar-refractivity contribution in [2.24, 2.45) is 0 Å². The number of carbonyl (C=O) groups is 2. The number of carbonyl (C=O) groups excluding carboxylic acids is 2. The van der Waals surface area contributed by atoms with Crippen molar-refractivity contribution in [1.82, 2.24) is 14.9 Å². The summed E-state index contributed by atoms with van der Waals surface area (Å²) in [7, 11) is 0. The van der Waals surface area contributed by atoms with E-state index in [-0.39, 0.29) is 11.1 Å². The summed E-state index contributed by atoms with van der Waals surface area (Å²) in [5, 5.41) is 1.94. The second kappa shape index (κ2) is 7.80. The van der Waals surface area contributed by atoms with Gasteiger partial charge in [-0.3, -0.25) is 14.9 Å². The number of benzene rings is 2. The van der Waals surface area contributed by atoms with Crippen molar-refractivity contribution in [3.8, 4) is 0 Å². The fourth-order valence-electron chi connectivity index (χ4n) is 3.18. The topological polar surface area (TPSA) is 64.0 Å². The number of rotatable bonds is 6. The van der Waals surface area contributed by atoms with Crippen LogP contribution >= 0.6 is 11.8 Å². The van der Waals surface area contributed by atoms with Gasteiger partial charge in [0, 0.05) is 6.54 Å². The second-order valence-electron chi connectivity index (χ2n) is 6.48. The lowest BCUT2D eigenvalue weighted by Gasteiger charge is -2.05. The number of hydrogen-bond acceptors (Lipinski definition) is 4. The van der Waals surface area contributed by atoms with E-state index in [0.29, 0.717) is 4.91 Å². The minimum atomic E-state index is -0.339. The summed E-state index contributed by atoms with van der Waals surface area (Å²) in [5.41, 5.74) is 4.21. The molecule has 2 aromatic carbocycles. The molecule has 27 heavy (non-hydrogen) atoms. The first-order valence-electron chi connectivity index (χ1n) is 8.93. The Balaban J connectivity index is 1.41. The van der Waals surface area contributed by atoms with E-state index >= 15 is 0 Å². The minimum Gasteiger partial charge on any atom is -0.331 e. The van der Waals surface area contributed by atoms with Crippen LogP contribution in [0.1, 0.15) is 24.0 Å². The molecule has 0 unspecified atom stereocenters. The molecule has 1 aromatic heterocycles. The molecule has 1 saturated heterocycles. The van der Waals surface area contributed by atoms with Crippen molar-refractivity contribution >= 4 is 40.0 Å². The van der Waals surface area contributed by atoms with Crippen molar-refractivity contribution < 1.29 is 9.59 Å². The molecule has 1 N–H and O–H groups in total. The zero-order chi connectivity index (χ0) is 18.6. The van der Waals surface area contributed by atoms with Crippen LogP contribution in [0.25, 0.3) is 17.1 Å². The molecule has 2 heterocycles. The smallest absolute Gasteiger partial charge is 0.290 e. The number of unbranched alkanes of at least 4 members (excludes halogenated alkanes) is 1. The number of amides is 2. The molecule has 1 aliphatic heterocycles. The predicted molar refractivity (Wildman–Crippen MR) is 108 cm³/mol. The Bertz CT molecular complexity index is 1020. The summed E-state index contributed by atoms with van der Waals surface area (Å²) in [6.07, 6.45) is 6.90. The summed E-state index contributed by atoms with van der Waals surface area (Å²) in [4.78, 5) is 27.8. The maximum absolute atomic E-state index is 11.7. The minimum absolute atomic E-state index is 0.327. The molecule has 0 aliphatic carbocycles. The van der Waals surface area contributed by atoms with Gasteiger partial charge in [0.25, 0.3) is 11.1 Å². The van der Waals surface area contributed by atoms with E-state index in [1.54, 1.807) is 6.08 Å². The quantitative estimate of drug-likeness (QED) is 0.511. The number of aryl methyl sites for hydroxylation is 2. The van der Waals surface area contributed by atoms with Crippen LogP contribution in [0.3, 0.4) is 0 Å². The van der Waals surface area contributed by atoms with Gasteiger partial charge in [0.05, 0.1) is 22.3 Å². The molecule has 5 nitrogen and oxygen atoms in total. The first-order chi connectivity index (χ1) is 13.2. The van der Waals surface area contributed by atoms with Crippen LogP contribution in [-0.4, -0.2) is 20.7 Å². The number of nitrogens with zero attached hydrogens (tertiary/aromatic N) is 2. The summed E-state index contributed by atoms with van der Waals surface area (Å²) in [6.45, 7) is 0.927. The zero-order valence-corrected chi connectivity index (χ0v) is 15.5. The van der Waals surface area contributed by atoms with E-state index in [9.17, 15) is 9.59 Å². The fraction of sp³-hybridized carbons (Fsp3) is 0.190. The van der Waals surface area contributed by atoms with E-state index in [1.807, 2.05) is 30.6 Å². The van der Waals surface area contributed by atoms with Gasteiger partial charge < -0.3 is 4.57 Å². The third-order valence-electron chi connectivity index (χ3n) is 4.54. The van der Waals surface area contributed by atoms with Crippen molar-refractivity contribution in [2.45, 2.75) is 25.8 Å². The summed E-state index contributed by atoms with van der Waals surface area (Å²) in [6, 6.07) is 16.4. The van der Waals surface area contributed by atoms with E-state index < -0.39 is 0 Å². The molecule has 3 aromatic rings. The zero-order valence-electron chi connectivity index (χ0n) is 14.7.